The number of thiophene rings is 3. The van der Waals surface area contributed by atoms with Gasteiger partial charge in [-0.2, -0.15) is 0 Å². The van der Waals surface area contributed by atoms with Crippen molar-refractivity contribution in [2.75, 3.05) is 0 Å². The summed E-state index contributed by atoms with van der Waals surface area (Å²) in [6.45, 7) is 6.10. The summed E-state index contributed by atoms with van der Waals surface area (Å²) < 4.78 is 7.86. The molecule has 19 aromatic rings. The van der Waals surface area contributed by atoms with Gasteiger partial charge in [0.25, 0.3) is 0 Å². The van der Waals surface area contributed by atoms with Crippen LogP contribution in [0.25, 0.3) is 173 Å². The standard InChI is InChI=1S/C35H24N2S.2C29H20N2S/c1-23-19-31(37-35(36-23)30-16-10-18-33-34(30)29-15-8-9-17-32(29)38-33)28-21-26(24-11-4-2-5-12-24)20-27(22-28)25-13-6-3-7-14-25;1-19-18-26(21-8-3-2-4-9-21)31-29(30-19)22-16-14-20(15-17-22)23-11-7-12-25-24-10-5-6-13-27(24)32-28(23)25;1-19-17-26(21-7-3-2-4-8-21)31-29(30-19)22-13-11-20(12-14-22)23-15-16-25-24-9-5-6-10-27(24)32-28(25)18-23/h2-22H,1H3;2*2-18H,1H3. The maximum Gasteiger partial charge on any atom is 0.160 e. The van der Waals surface area contributed by atoms with E-state index in [1.807, 2.05) is 96.4 Å². The largest absolute Gasteiger partial charge is 0.233 e. The molecule has 0 atom stereocenters. The van der Waals surface area contributed by atoms with Crippen LogP contribution in [0.5, 0.6) is 0 Å². The molecule has 6 heterocycles. The lowest BCUT2D eigenvalue weighted by Gasteiger charge is -2.12. The van der Waals surface area contributed by atoms with Gasteiger partial charge in [-0.05, 0) is 132 Å². The van der Waals surface area contributed by atoms with Gasteiger partial charge >= 0.3 is 0 Å². The number of aryl methyl sites for hydroxylation is 3. The normalized spacial score (nSPS) is 11.3. The zero-order valence-corrected chi connectivity index (χ0v) is 58.6. The second-order valence-electron chi connectivity index (χ2n) is 25.4. The lowest BCUT2D eigenvalue weighted by molar-refractivity contribution is 1.11. The molecule has 484 valence electrons. The SMILES string of the molecule is Cc1cc(-c2cc(-c3ccccc3)cc(-c3ccccc3)c2)nc(-c2cccc3sc4ccccc4c23)n1.Cc1cc(-c2ccccc2)nc(-c2ccc(-c3ccc4c(c3)sc3ccccc34)cc2)n1.Cc1cc(-c2ccccc2)nc(-c2ccc(-c3cccc4c3sc3ccccc34)cc2)n1. The van der Waals surface area contributed by atoms with Gasteiger partial charge in [0.1, 0.15) is 0 Å². The van der Waals surface area contributed by atoms with Crippen molar-refractivity contribution in [3.8, 4) is 112 Å². The average molecular weight is 1360 g/mol. The molecule has 0 unspecified atom stereocenters. The third-order valence-corrected chi connectivity index (χ3v) is 22.0. The highest BCUT2D eigenvalue weighted by atomic mass is 32.1. The fourth-order valence-corrected chi connectivity index (χ4v) is 17.1. The molecular weight excluding hydrogens is 1300 g/mol. The molecule has 6 aromatic heterocycles. The zero-order valence-electron chi connectivity index (χ0n) is 56.2. The van der Waals surface area contributed by atoms with Crippen LogP contribution in [0, 0.1) is 20.8 Å². The van der Waals surface area contributed by atoms with Crippen LogP contribution < -0.4 is 0 Å². The Morgan fingerprint density at radius 1 is 0.196 bits per heavy atom. The van der Waals surface area contributed by atoms with Crippen LogP contribution in [0.15, 0.2) is 334 Å². The Morgan fingerprint density at radius 3 is 1.13 bits per heavy atom. The van der Waals surface area contributed by atoms with Gasteiger partial charge < -0.3 is 0 Å². The van der Waals surface area contributed by atoms with Crippen molar-refractivity contribution in [1.29, 1.82) is 0 Å². The Labute approximate surface area is 604 Å². The summed E-state index contributed by atoms with van der Waals surface area (Å²) in [4.78, 5) is 29.2. The van der Waals surface area contributed by atoms with E-state index in [2.05, 4.69) is 297 Å². The summed E-state index contributed by atoms with van der Waals surface area (Å²) in [6.07, 6.45) is 0. The quantitative estimate of drug-likeness (QED) is 0.136. The van der Waals surface area contributed by atoms with Gasteiger partial charge in [0.2, 0.25) is 0 Å². The summed E-state index contributed by atoms with van der Waals surface area (Å²) in [6, 6.07) is 117. The lowest BCUT2D eigenvalue weighted by atomic mass is 9.95. The van der Waals surface area contributed by atoms with Crippen molar-refractivity contribution >= 4 is 94.5 Å². The van der Waals surface area contributed by atoms with Crippen LogP contribution in [-0.4, -0.2) is 29.9 Å². The highest BCUT2D eigenvalue weighted by Gasteiger charge is 2.18. The molecule has 0 aliphatic carbocycles. The van der Waals surface area contributed by atoms with E-state index in [0.29, 0.717) is 0 Å². The number of hydrogen-bond donors (Lipinski definition) is 0. The van der Waals surface area contributed by atoms with E-state index < -0.39 is 0 Å². The molecule has 0 saturated carbocycles. The Morgan fingerprint density at radius 2 is 0.559 bits per heavy atom. The molecule has 6 nitrogen and oxygen atoms in total. The van der Waals surface area contributed by atoms with E-state index in [9.17, 15) is 0 Å². The van der Waals surface area contributed by atoms with Gasteiger partial charge in [-0.3, -0.25) is 0 Å². The van der Waals surface area contributed by atoms with Crippen LogP contribution in [-0.2, 0) is 0 Å². The number of hydrogen-bond acceptors (Lipinski definition) is 9. The molecule has 0 fully saturated rings. The molecule has 0 amide bonds. The number of benzene rings is 13. The van der Waals surface area contributed by atoms with Crippen LogP contribution >= 0.6 is 34.0 Å². The van der Waals surface area contributed by atoms with Gasteiger partial charge in [-0.25, -0.2) is 29.9 Å². The molecule has 0 saturated heterocycles. The fourth-order valence-electron chi connectivity index (χ4n) is 13.6. The van der Waals surface area contributed by atoms with Crippen molar-refractivity contribution < 1.29 is 0 Å². The molecule has 102 heavy (non-hydrogen) atoms. The minimum absolute atomic E-state index is 0.760. The third-order valence-electron chi connectivity index (χ3n) is 18.5. The zero-order chi connectivity index (χ0) is 68.5. The van der Waals surface area contributed by atoms with Gasteiger partial charge in [-0.1, -0.05) is 267 Å². The molecule has 0 aliphatic heterocycles. The van der Waals surface area contributed by atoms with Crippen molar-refractivity contribution in [3.05, 3.63) is 351 Å². The second kappa shape index (κ2) is 27.8. The summed E-state index contributed by atoms with van der Waals surface area (Å²) in [7, 11) is 0. The summed E-state index contributed by atoms with van der Waals surface area (Å²) >= 11 is 5.53. The lowest BCUT2D eigenvalue weighted by Crippen LogP contribution is -1.96. The first-order chi connectivity index (χ1) is 50.2. The molecule has 0 radical (unpaired) electrons. The van der Waals surface area contributed by atoms with Crippen molar-refractivity contribution in [1.82, 2.24) is 29.9 Å². The third kappa shape index (κ3) is 13.0. The van der Waals surface area contributed by atoms with Crippen molar-refractivity contribution in [2.24, 2.45) is 0 Å². The number of fused-ring (bicyclic) bond motifs is 9. The average Bonchev–Trinajstić information content (AvgIpc) is 1.52. The van der Waals surface area contributed by atoms with E-state index in [1.54, 1.807) is 0 Å². The summed E-state index contributed by atoms with van der Waals surface area (Å²) in [5, 5.41) is 7.79. The van der Waals surface area contributed by atoms with Crippen LogP contribution in [0.2, 0.25) is 0 Å². The maximum absolute atomic E-state index is 5.17. The molecule has 0 spiro atoms. The topological polar surface area (TPSA) is 77.3 Å². The van der Waals surface area contributed by atoms with Gasteiger partial charge in [0, 0.05) is 111 Å². The Balaban J connectivity index is 0.000000114. The molecule has 19 rings (SSSR count). The van der Waals surface area contributed by atoms with E-state index in [-0.39, 0.29) is 0 Å². The van der Waals surface area contributed by atoms with Gasteiger partial charge in [0.15, 0.2) is 17.5 Å². The molecule has 0 N–H and O–H groups in total. The van der Waals surface area contributed by atoms with E-state index in [4.69, 9.17) is 24.9 Å². The molecule has 0 aliphatic rings. The monoisotopic (exact) mass is 1360 g/mol. The first-order valence-corrected chi connectivity index (χ1v) is 36.6. The summed E-state index contributed by atoms with van der Waals surface area (Å²) in [5.74, 6) is 2.28. The Hall–Kier alpha value is -12.2. The smallest absolute Gasteiger partial charge is 0.160 e. The minimum Gasteiger partial charge on any atom is -0.233 e. The Kier molecular flexibility index (Phi) is 17.2. The predicted octanol–water partition coefficient (Wildman–Crippen LogP) is 26.1. The van der Waals surface area contributed by atoms with E-state index in [1.165, 1.54) is 105 Å². The highest BCUT2D eigenvalue weighted by Crippen LogP contribution is 2.43. The predicted molar refractivity (Wildman–Crippen MR) is 433 cm³/mol. The first-order valence-electron chi connectivity index (χ1n) is 34.1. The minimum atomic E-state index is 0.760. The Bertz CT molecular complexity index is 6210. The van der Waals surface area contributed by atoms with Crippen molar-refractivity contribution in [2.45, 2.75) is 20.8 Å². The molecule has 13 aromatic carbocycles. The number of nitrogens with zero attached hydrogens (tertiary/aromatic N) is 6. The molecule has 9 heteroatoms. The van der Waals surface area contributed by atoms with Gasteiger partial charge in [-0.15, -0.1) is 34.0 Å². The van der Waals surface area contributed by atoms with Gasteiger partial charge in [0.05, 0.1) is 17.1 Å². The summed E-state index contributed by atoms with van der Waals surface area (Å²) in [5.41, 5.74) is 21.8. The maximum atomic E-state index is 5.17. The number of rotatable bonds is 10. The second-order valence-corrected chi connectivity index (χ2v) is 28.7. The highest BCUT2D eigenvalue weighted by molar-refractivity contribution is 7.27. The van der Waals surface area contributed by atoms with E-state index >= 15 is 0 Å². The van der Waals surface area contributed by atoms with E-state index in [0.717, 1.165) is 85.0 Å². The first kappa shape index (κ1) is 63.2. The van der Waals surface area contributed by atoms with Crippen LogP contribution in [0.3, 0.4) is 0 Å². The van der Waals surface area contributed by atoms with Crippen LogP contribution in [0.4, 0.5) is 0 Å². The molecular formula is C93H64N6S3. The molecule has 0 bridgehead atoms. The fraction of sp³-hybridized carbons (Fsp3) is 0.0323. The van der Waals surface area contributed by atoms with Crippen molar-refractivity contribution in [3.63, 3.8) is 0 Å². The van der Waals surface area contributed by atoms with Crippen LogP contribution in [0.1, 0.15) is 17.1 Å². The number of aromatic nitrogens is 6.